The minimum Gasteiger partial charge on any atom is -0.378 e. The lowest BCUT2D eigenvalue weighted by molar-refractivity contribution is 0.122. The molecule has 0 radical (unpaired) electrons. The van der Waals surface area contributed by atoms with E-state index in [2.05, 4.69) is 75.0 Å². The highest BCUT2D eigenvalue weighted by Gasteiger charge is 2.11. The molecule has 4 rings (SSSR count). The molecule has 0 aliphatic carbocycles. The number of anilines is 3. The Morgan fingerprint density at radius 3 is 2.41 bits per heavy atom. The lowest BCUT2D eigenvalue weighted by Gasteiger charge is -2.28. The Bertz CT molecular complexity index is 877. The topological polar surface area (TPSA) is 50.3 Å². The van der Waals surface area contributed by atoms with Gasteiger partial charge in [0.2, 0.25) is 5.95 Å². The Morgan fingerprint density at radius 1 is 0.963 bits per heavy atom. The van der Waals surface area contributed by atoms with Crippen molar-refractivity contribution in [3.8, 4) is 11.3 Å². The van der Waals surface area contributed by atoms with Gasteiger partial charge in [-0.25, -0.2) is 9.97 Å². The van der Waals surface area contributed by atoms with E-state index in [4.69, 9.17) is 4.74 Å². The maximum atomic E-state index is 5.41. The molecule has 1 aromatic heterocycles. The van der Waals surface area contributed by atoms with Crippen LogP contribution in [0.4, 0.5) is 17.3 Å². The number of hydrogen-bond donors (Lipinski definition) is 1. The first-order valence-electron chi connectivity index (χ1n) is 8.99. The van der Waals surface area contributed by atoms with Crippen LogP contribution < -0.4 is 10.2 Å². The number of thioether (sulfide) groups is 1. The fourth-order valence-electron chi connectivity index (χ4n) is 3.05. The first kappa shape index (κ1) is 17.8. The number of morpholine rings is 1. The molecule has 1 saturated heterocycles. The standard InChI is InChI=1S/C21H22N4OS/c1-27-19-8-2-16(3-9-19)20-10-11-22-21(24-20)23-17-4-6-18(7-5-17)25-12-14-26-15-13-25/h2-11H,12-15H2,1H3,(H,22,23,24). The van der Waals surface area contributed by atoms with Crippen LogP contribution in [-0.2, 0) is 4.74 Å². The van der Waals surface area contributed by atoms with E-state index >= 15 is 0 Å². The van der Waals surface area contributed by atoms with Gasteiger partial charge in [0, 0.05) is 41.1 Å². The second-order valence-corrected chi connectivity index (χ2v) is 7.14. The second kappa shape index (κ2) is 8.41. The Morgan fingerprint density at radius 2 is 1.70 bits per heavy atom. The molecule has 0 atom stereocenters. The predicted octanol–water partition coefficient (Wildman–Crippen LogP) is 4.45. The molecule has 3 aromatic rings. The zero-order chi connectivity index (χ0) is 18.5. The Kier molecular flexibility index (Phi) is 5.55. The van der Waals surface area contributed by atoms with Crippen LogP contribution in [0.5, 0.6) is 0 Å². The van der Waals surface area contributed by atoms with Gasteiger partial charge in [-0.2, -0.15) is 0 Å². The Balaban J connectivity index is 1.47. The van der Waals surface area contributed by atoms with Crippen LogP contribution in [0.15, 0.2) is 65.7 Å². The molecular formula is C21H22N4OS. The largest absolute Gasteiger partial charge is 0.378 e. The molecule has 1 aliphatic rings. The van der Waals surface area contributed by atoms with E-state index in [0.29, 0.717) is 5.95 Å². The zero-order valence-corrected chi connectivity index (χ0v) is 16.1. The van der Waals surface area contributed by atoms with Crippen LogP contribution in [-0.4, -0.2) is 42.5 Å². The molecule has 0 spiro atoms. The van der Waals surface area contributed by atoms with Gasteiger partial charge in [0.15, 0.2) is 0 Å². The Hall–Kier alpha value is -2.57. The summed E-state index contributed by atoms with van der Waals surface area (Å²) in [4.78, 5) is 12.6. The molecule has 6 heteroatoms. The third-order valence-electron chi connectivity index (χ3n) is 4.54. The summed E-state index contributed by atoms with van der Waals surface area (Å²) < 4.78 is 5.41. The summed E-state index contributed by atoms with van der Waals surface area (Å²) in [6.45, 7) is 3.46. The number of ether oxygens (including phenoxy) is 1. The molecule has 138 valence electrons. The maximum absolute atomic E-state index is 5.41. The third-order valence-corrected chi connectivity index (χ3v) is 5.28. The summed E-state index contributed by atoms with van der Waals surface area (Å²) in [5.74, 6) is 0.598. The average Bonchev–Trinajstić information content (AvgIpc) is 2.75. The van der Waals surface area contributed by atoms with Crippen molar-refractivity contribution >= 4 is 29.1 Å². The molecule has 0 unspecified atom stereocenters. The molecule has 27 heavy (non-hydrogen) atoms. The monoisotopic (exact) mass is 378 g/mol. The summed E-state index contributed by atoms with van der Waals surface area (Å²) >= 11 is 1.73. The lowest BCUT2D eigenvalue weighted by atomic mass is 10.1. The normalized spacial score (nSPS) is 14.2. The van der Waals surface area contributed by atoms with E-state index in [-0.39, 0.29) is 0 Å². The summed E-state index contributed by atoms with van der Waals surface area (Å²) in [7, 11) is 0. The van der Waals surface area contributed by atoms with Crippen LogP contribution in [0.25, 0.3) is 11.3 Å². The molecule has 0 saturated carbocycles. The number of benzene rings is 2. The molecule has 1 aliphatic heterocycles. The number of hydrogen-bond acceptors (Lipinski definition) is 6. The Labute approximate surface area is 163 Å². The van der Waals surface area contributed by atoms with Crippen molar-refractivity contribution in [2.45, 2.75) is 4.90 Å². The molecule has 2 aromatic carbocycles. The quantitative estimate of drug-likeness (QED) is 0.662. The highest BCUT2D eigenvalue weighted by atomic mass is 32.2. The summed E-state index contributed by atoms with van der Waals surface area (Å²) in [6, 6.07) is 18.7. The average molecular weight is 379 g/mol. The third kappa shape index (κ3) is 4.40. The van der Waals surface area contributed by atoms with Crippen molar-refractivity contribution in [3.05, 3.63) is 60.8 Å². The molecule has 0 bridgehead atoms. The van der Waals surface area contributed by atoms with Crippen molar-refractivity contribution in [1.29, 1.82) is 0 Å². The number of nitrogens with one attached hydrogen (secondary N) is 1. The lowest BCUT2D eigenvalue weighted by Crippen LogP contribution is -2.36. The zero-order valence-electron chi connectivity index (χ0n) is 15.3. The van der Waals surface area contributed by atoms with E-state index < -0.39 is 0 Å². The van der Waals surface area contributed by atoms with Crippen LogP contribution in [0.2, 0.25) is 0 Å². The minimum atomic E-state index is 0.598. The number of aromatic nitrogens is 2. The van der Waals surface area contributed by atoms with Crippen LogP contribution in [0, 0.1) is 0 Å². The molecule has 5 nitrogen and oxygen atoms in total. The van der Waals surface area contributed by atoms with Gasteiger partial charge in [-0.3, -0.25) is 0 Å². The van der Waals surface area contributed by atoms with Gasteiger partial charge in [-0.1, -0.05) is 12.1 Å². The smallest absolute Gasteiger partial charge is 0.227 e. The van der Waals surface area contributed by atoms with Crippen LogP contribution >= 0.6 is 11.8 Å². The van der Waals surface area contributed by atoms with E-state index in [1.54, 1.807) is 18.0 Å². The number of nitrogens with zero attached hydrogens (tertiary/aromatic N) is 3. The van der Waals surface area contributed by atoms with E-state index in [0.717, 1.165) is 43.2 Å². The number of rotatable bonds is 5. The van der Waals surface area contributed by atoms with Gasteiger partial charge in [-0.15, -0.1) is 11.8 Å². The minimum absolute atomic E-state index is 0.598. The van der Waals surface area contributed by atoms with Gasteiger partial charge in [-0.05, 0) is 48.7 Å². The molecule has 1 N–H and O–H groups in total. The van der Waals surface area contributed by atoms with Gasteiger partial charge in [0.05, 0.1) is 18.9 Å². The first-order chi connectivity index (χ1) is 13.3. The van der Waals surface area contributed by atoms with Crippen molar-refractivity contribution in [1.82, 2.24) is 9.97 Å². The second-order valence-electron chi connectivity index (χ2n) is 6.27. The molecule has 0 amide bonds. The van der Waals surface area contributed by atoms with E-state index in [1.165, 1.54) is 10.6 Å². The highest BCUT2D eigenvalue weighted by molar-refractivity contribution is 7.98. The van der Waals surface area contributed by atoms with Crippen molar-refractivity contribution in [3.63, 3.8) is 0 Å². The SMILES string of the molecule is CSc1ccc(-c2ccnc(Nc3ccc(N4CCOCC4)cc3)n2)cc1. The summed E-state index contributed by atoms with van der Waals surface area (Å²) in [5, 5.41) is 3.30. The van der Waals surface area contributed by atoms with Crippen molar-refractivity contribution < 1.29 is 4.74 Å². The molecule has 1 fully saturated rings. The van der Waals surface area contributed by atoms with Crippen LogP contribution in [0.1, 0.15) is 0 Å². The van der Waals surface area contributed by atoms with Gasteiger partial charge < -0.3 is 15.0 Å². The van der Waals surface area contributed by atoms with Gasteiger partial charge in [0.25, 0.3) is 0 Å². The summed E-state index contributed by atoms with van der Waals surface area (Å²) in [5.41, 5.74) is 4.18. The molecular weight excluding hydrogens is 356 g/mol. The first-order valence-corrected chi connectivity index (χ1v) is 10.2. The van der Waals surface area contributed by atoms with Crippen molar-refractivity contribution in [2.75, 3.05) is 42.8 Å². The van der Waals surface area contributed by atoms with E-state index in [1.807, 2.05) is 6.07 Å². The maximum Gasteiger partial charge on any atom is 0.227 e. The molecule has 2 heterocycles. The summed E-state index contributed by atoms with van der Waals surface area (Å²) in [6.07, 6.45) is 3.86. The van der Waals surface area contributed by atoms with Gasteiger partial charge >= 0.3 is 0 Å². The fraction of sp³-hybridized carbons (Fsp3) is 0.238. The fourth-order valence-corrected chi connectivity index (χ4v) is 3.46. The van der Waals surface area contributed by atoms with Crippen molar-refractivity contribution in [2.24, 2.45) is 0 Å². The highest BCUT2D eigenvalue weighted by Crippen LogP contribution is 2.24. The van der Waals surface area contributed by atoms with Crippen LogP contribution in [0.3, 0.4) is 0 Å². The van der Waals surface area contributed by atoms with Gasteiger partial charge in [0.1, 0.15) is 0 Å². The predicted molar refractivity (Wildman–Crippen MR) is 112 cm³/mol. The van der Waals surface area contributed by atoms with E-state index in [9.17, 15) is 0 Å².